The monoisotopic (exact) mass is 362 g/mol. The molecule has 0 bridgehead atoms. The molecule has 0 saturated carbocycles. The van der Waals surface area contributed by atoms with Crippen LogP contribution >= 0.6 is 11.8 Å². The van der Waals surface area contributed by atoms with E-state index in [2.05, 4.69) is 9.97 Å². The molecule has 0 aliphatic rings. The number of carbonyl (C=O) groups is 2. The van der Waals surface area contributed by atoms with E-state index in [1.807, 2.05) is 0 Å². The number of esters is 1. The van der Waals surface area contributed by atoms with Crippen LogP contribution in [0.1, 0.15) is 27.6 Å². The van der Waals surface area contributed by atoms with Crippen LogP contribution in [0.2, 0.25) is 0 Å². The molecule has 0 aliphatic heterocycles. The lowest BCUT2D eigenvalue weighted by Gasteiger charge is -2.06. The SMILES string of the molecule is CCOC(=O)c1cnc(SCC(=O)c2ccc([N+](=O)[O-])cc2)nc1N. The Kier molecular flexibility index (Phi) is 6.01. The minimum Gasteiger partial charge on any atom is -0.462 e. The summed E-state index contributed by atoms with van der Waals surface area (Å²) in [5, 5.41) is 10.8. The third kappa shape index (κ3) is 4.73. The van der Waals surface area contributed by atoms with Crippen LogP contribution in [0.25, 0.3) is 0 Å². The van der Waals surface area contributed by atoms with Gasteiger partial charge in [-0.2, -0.15) is 0 Å². The first-order valence-corrected chi connectivity index (χ1v) is 8.11. The van der Waals surface area contributed by atoms with Crippen LogP contribution in [0, 0.1) is 10.1 Å². The number of benzene rings is 1. The van der Waals surface area contributed by atoms with Crippen molar-refractivity contribution in [3.63, 3.8) is 0 Å². The Balaban J connectivity index is 2.00. The summed E-state index contributed by atoms with van der Waals surface area (Å²) in [5.74, 6) is -0.857. The molecule has 2 rings (SSSR count). The Morgan fingerprint density at radius 1 is 1.32 bits per heavy atom. The number of nitrogens with two attached hydrogens (primary N) is 1. The summed E-state index contributed by atoms with van der Waals surface area (Å²) >= 11 is 1.04. The van der Waals surface area contributed by atoms with Gasteiger partial charge in [0, 0.05) is 23.9 Å². The van der Waals surface area contributed by atoms with Crippen LogP contribution in [0.5, 0.6) is 0 Å². The van der Waals surface area contributed by atoms with E-state index in [1.165, 1.54) is 30.5 Å². The fourth-order valence-electron chi connectivity index (χ4n) is 1.80. The van der Waals surface area contributed by atoms with Crippen molar-refractivity contribution in [1.29, 1.82) is 0 Å². The van der Waals surface area contributed by atoms with Crippen LogP contribution in [0.4, 0.5) is 11.5 Å². The third-order valence-electron chi connectivity index (χ3n) is 3.02. The number of hydrogen-bond acceptors (Lipinski definition) is 9. The fourth-order valence-corrected chi connectivity index (χ4v) is 2.51. The standard InChI is InChI=1S/C15H14N4O5S/c1-2-24-14(21)11-7-17-15(18-13(11)16)25-8-12(20)9-3-5-10(6-4-9)19(22)23/h3-7H,2,8H2,1H3,(H2,16,17,18). The van der Waals surface area contributed by atoms with E-state index >= 15 is 0 Å². The molecule has 25 heavy (non-hydrogen) atoms. The van der Waals surface area contributed by atoms with Gasteiger partial charge < -0.3 is 10.5 Å². The molecule has 0 spiro atoms. The molecular formula is C15H14N4O5S. The molecule has 9 nitrogen and oxygen atoms in total. The topological polar surface area (TPSA) is 138 Å². The zero-order chi connectivity index (χ0) is 18.4. The van der Waals surface area contributed by atoms with Gasteiger partial charge in [-0.05, 0) is 19.1 Å². The summed E-state index contributed by atoms with van der Waals surface area (Å²) < 4.78 is 4.82. The summed E-state index contributed by atoms with van der Waals surface area (Å²) in [4.78, 5) is 41.7. The number of nitro groups is 1. The first kappa shape index (κ1) is 18.3. The highest BCUT2D eigenvalue weighted by Gasteiger charge is 2.15. The molecule has 2 aromatic rings. The number of nitrogens with zero attached hydrogens (tertiary/aromatic N) is 3. The first-order chi connectivity index (χ1) is 11.9. The minimum absolute atomic E-state index is 0.0238. The van der Waals surface area contributed by atoms with Gasteiger partial charge in [-0.15, -0.1) is 0 Å². The van der Waals surface area contributed by atoms with Crippen LogP contribution in [-0.4, -0.2) is 39.0 Å². The van der Waals surface area contributed by atoms with E-state index in [0.717, 1.165) is 11.8 Å². The van der Waals surface area contributed by atoms with Gasteiger partial charge in [0.2, 0.25) is 0 Å². The number of carbonyl (C=O) groups excluding carboxylic acids is 2. The van der Waals surface area contributed by atoms with Crippen LogP contribution < -0.4 is 5.73 Å². The second kappa shape index (κ2) is 8.20. The lowest BCUT2D eigenvalue weighted by Crippen LogP contribution is -2.11. The summed E-state index contributed by atoms with van der Waals surface area (Å²) in [6.45, 7) is 1.88. The number of ether oxygens (including phenoxy) is 1. The van der Waals surface area contributed by atoms with Crippen molar-refractivity contribution >= 4 is 35.0 Å². The molecule has 1 aromatic carbocycles. The zero-order valence-electron chi connectivity index (χ0n) is 13.2. The van der Waals surface area contributed by atoms with Gasteiger partial charge in [0.1, 0.15) is 11.4 Å². The van der Waals surface area contributed by atoms with Crippen molar-refractivity contribution in [2.24, 2.45) is 0 Å². The van der Waals surface area contributed by atoms with Crippen molar-refractivity contribution in [1.82, 2.24) is 9.97 Å². The lowest BCUT2D eigenvalue weighted by atomic mass is 10.1. The summed E-state index contributed by atoms with van der Waals surface area (Å²) in [7, 11) is 0. The number of thioether (sulfide) groups is 1. The molecule has 0 fully saturated rings. The number of aromatic nitrogens is 2. The number of hydrogen-bond donors (Lipinski definition) is 1. The predicted molar refractivity (Wildman–Crippen MR) is 90.6 cm³/mol. The van der Waals surface area contributed by atoms with Gasteiger partial charge in [0.05, 0.1) is 17.3 Å². The number of ketones is 1. The Labute approximate surface area is 146 Å². The second-order valence-corrected chi connectivity index (χ2v) is 5.63. The Hall–Kier alpha value is -3.01. The van der Waals surface area contributed by atoms with E-state index in [0.29, 0.717) is 5.56 Å². The van der Waals surface area contributed by atoms with E-state index in [1.54, 1.807) is 6.92 Å². The van der Waals surface area contributed by atoms with Gasteiger partial charge in [0.25, 0.3) is 5.69 Å². The van der Waals surface area contributed by atoms with Crippen LogP contribution in [0.15, 0.2) is 35.6 Å². The predicted octanol–water partition coefficient (Wildman–Crippen LogP) is 2.12. The fraction of sp³-hybridized carbons (Fsp3) is 0.200. The molecule has 0 saturated heterocycles. The second-order valence-electron chi connectivity index (χ2n) is 4.69. The third-order valence-corrected chi connectivity index (χ3v) is 3.89. The zero-order valence-corrected chi connectivity index (χ0v) is 14.0. The molecule has 0 atom stereocenters. The Bertz CT molecular complexity index is 810. The number of nitro benzene ring substituents is 1. The minimum atomic E-state index is -0.612. The van der Waals surface area contributed by atoms with Crippen molar-refractivity contribution in [2.75, 3.05) is 18.1 Å². The van der Waals surface area contributed by atoms with Crippen LogP contribution in [-0.2, 0) is 4.74 Å². The average Bonchev–Trinajstić information content (AvgIpc) is 2.60. The maximum absolute atomic E-state index is 12.1. The number of anilines is 1. The maximum Gasteiger partial charge on any atom is 0.343 e. The molecule has 1 aromatic heterocycles. The summed E-state index contributed by atoms with van der Waals surface area (Å²) in [6, 6.07) is 5.31. The maximum atomic E-state index is 12.1. The Morgan fingerprint density at radius 2 is 2.00 bits per heavy atom. The molecule has 0 unspecified atom stereocenters. The number of rotatable bonds is 7. The first-order valence-electron chi connectivity index (χ1n) is 7.12. The number of Topliss-reactive ketones (excluding diaryl/α,β-unsaturated/α-hetero) is 1. The van der Waals surface area contributed by atoms with E-state index < -0.39 is 10.9 Å². The van der Waals surface area contributed by atoms with Gasteiger partial charge >= 0.3 is 5.97 Å². The largest absolute Gasteiger partial charge is 0.462 e. The number of nitrogen functional groups attached to an aromatic ring is 1. The van der Waals surface area contributed by atoms with E-state index in [4.69, 9.17) is 10.5 Å². The van der Waals surface area contributed by atoms with Crippen molar-refractivity contribution < 1.29 is 19.2 Å². The number of non-ortho nitro benzene ring substituents is 1. The highest BCUT2D eigenvalue weighted by molar-refractivity contribution is 7.99. The van der Waals surface area contributed by atoms with Gasteiger partial charge in [-0.3, -0.25) is 14.9 Å². The summed E-state index contributed by atoms with van der Waals surface area (Å²) in [5.41, 5.74) is 6.02. The van der Waals surface area contributed by atoms with Gasteiger partial charge in [0.15, 0.2) is 10.9 Å². The highest BCUT2D eigenvalue weighted by Crippen LogP contribution is 2.19. The molecular weight excluding hydrogens is 348 g/mol. The molecule has 10 heteroatoms. The van der Waals surface area contributed by atoms with E-state index in [9.17, 15) is 19.7 Å². The van der Waals surface area contributed by atoms with Gasteiger partial charge in [-0.1, -0.05) is 11.8 Å². The lowest BCUT2D eigenvalue weighted by molar-refractivity contribution is -0.384. The quantitative estimate of drug-likeness (QED) is 0.196. The van der Waals surface area contributed by atoms with Crippen molar-refractivity contribution in [3.05, 3.63) is 51.7 Å². The van der Waals surface area contributed by atoms with Gasteiger partial charge in [-0.25, -0.2) is 14.8 Å². The average molecular weight is 362 g/mol. The Morgan fingerprint density at radius 3 is 2.56 bits per heavy atom. The van der Waals surface area contributed by atoms with E-state index in [-0.39, 0.29) is 40.4 Å². The normalized spacial score (nSPS) is 10.3. The molecule has 0 radical (unpaired) electrons. The van der Waals surface area contributed by atoms with Crippen molar-refractivity contribution in [3.8, 4) is 0 Å². The van der Waals surface area contributed by atoms with Crippen molar-refractivity contribution in [2.45, 2.75) is 12.1 Å². The molecule has 0 amide bonds. The van der Waals surface area contributed by atoms with Crippen LogP contribution in [0.3, 0.4) is 0 Å². The molecule has 1 heterocycles. The molecule has 130 valence electrons. The highest BCUT2D eigenvalue weighted by atomic mass is 32.2. The molecule has 2 N–H and O–H groups in total. The smallest absolute Gasteiger partial charge is 0.343 e. The summed E-state index contributed by atoms with van der Waals surface area (Å²) in [6.07, 6.45) is 1.25. The molecule has 0 aliphatic carbocycles.